The average molecular weight is 279 g/mol. The maximum absolute atomic E-state index is 5.91. The third-order valence-corrected chi connectivity index (χ3v) is 4.22. The van der Waals surface area contributed by atoms with E-state index in [0.29, 0.717) is 0 Å². The van der Waals surface area contributed by atoms with Gasteiger partial charge in [-0.1, -0.05) is 12.1 Å². The van der Waals surface area contributed by atoms with Crippen LogP contribution in [-0.4, -0.2) is 0 Å². The first-order chi connectivity index (χ1) is 7.99. The van der Waals surface area contributed by atoms with E-state index in [-0.39, 0.29) is 0 Å². The molecule has 2 aromatic carbocycles. The zero-order chi connectivity index (χ0) is 12.6. The molecule has 0 atom stereocenters. The van der Waals surface area contributed by atoms with E-state index in [2.05, 4.69) is 37.9 Å². The van der Waals surface area contributed by atoms with E-state index in [1.807, 2.05) is 37.3 Å². The van der Waals surface area contributed by atoms with Crippen molar-refractivity contribution in [2.45, 2.75) is 21.6 Å². The van der Waals surface area contributed by atoms with Crippen molar-refractivity contribution in [3.05, 3.63) is 35.9 Å². The van der Waals surface area contributed by atoms with Gasteiger partial charge >= 0.3 is 0 Å². The number of nitrogens with two attached hydrogens (primary N) is 1. The standard InChI is InChI=1S/C13H13NS3/c1-7-2-3-8(4-10(7)14)9-5-11(15)13(17)12(16)6-9/h2-6,15-17H,14H2,1H3. The van der Waals surface area contributed by atoms with Crippen molar-refractivity contribution in [1.29, 1.82) is 0 Å². The van der Waals surface area contributed by atoms with E-state index in [1.165, 1.54) is 0 Å². The van der Waals surface area contributed by atoms with Crippen LogP contribution in [0.15, 0.2) is 45.0 Å². The summed E-state index contributed by atoms with van der Waals surface area (Å²) in [4.78, 5) is 2.42. The van der Waals surface area contributed by atoms with Gasteiger partial charge in [0.2, 0.25) is 0 Å². The minimum atomic E-state index is 0.791. The van der Waals surface area contributed by atoms with Crippen LogP contribution >= 0.6 is 37.9 Å². The quantitative estimate of drug-likeness (QED) is 0.459. The van der Waals surface area contributed by atoms with Gasteiger partial charge in [0.15, 0.2) is 0 Å². The van der Waals surface area contributed by atoms with Gasteiger partial charge in [0.1, 0.15) is 0 Å². The summed E-state index contributed by atoms with van der Waals surface area (Å²) in [5.74, 6) is 0. The lowest BCUT2D eigenvalue weighted by Crippen LogP contribution is -1.90. The molecule has 2 rings (SSSR count). The fourth-order valence-corrected chi connectivity index (χ4v) is 2.33. The Morgan fingerprint density at radius 2 is 1.47 bits per heavy atom. The highest BCUT2D eigenvalue weighted by atomic mass is 32.1. The van der Waals surface area contributed by atoms with Gasteiger partial charge in [0.05, 0.1) is 0 Å². The molecule has 1 nitrogen and oxygen atoms in total. The second-order valence-corrected chi connectivity index (χ2v) is 5.35. The topological polar surface area (TPSA) is 26.0 Å². The number of hydrogen-bond acceptors (Lipinski definition) is 4. The molecule has 0 radical (unpaired) electrons. The predicted molar refractivity (Wildman–Crippen MR) is 82.8 cm³/mol. The SMILES string of the molecule is Cc1ccc(-c2cc(S)c(S)c(S)c2)cc1N. The normalized spacial score (nSPS) is 10.6. The van der Waals surface area contributed by atoms with Gasteiger partial charge in [-0.3, -0.25) is 0 Å². The maximum Gasteiger partial charge on any atom is 0.0349 e. The molecule has 0 unspecified atom stereocenters. The second-order valence-electron chi connectivity index (χ2n) is 3.93. The molecule has 0 aromatic heterocycles. The molecular weight excluding hydrogens is 266 g/mol. The Balaban J connectivity index is 2.57. The number of hydrogen-bond donors (Lipinski definition) is 4. The molecule has 0 heterocycles. The summed E-state index contributed by atoms with van der Waals surface area (Å²) in [6, 6.07) is 9.95. The molecule has 0 fully saturated rings. The van der Waals surface area contributed by atoms with Crippen molar-refractivity contribution < 1.29 is 0 Å². The molecule has 0 saturated heterocycles. The molecular formula is C13H13NS3. The summed E-state index contributed by atoms with van der Waals surface area (Å²) in [5, 5.41) is 0. The number of aryl methyl sites for hydroxylation is 1. The van der Waals surface area contributed by atoms with Crippen LogP contribution in [0.5, 0.6) is 0 Å². The Morgan fingerprint density at radius 3 is 2.00 bits per heavy atom. The lowest BCUT2D eigenvalue weighted by atomic mass is 10.0. The zero-order valence-electron chi connectivity index (χ0n) is 9.31. The van der Waals surface area contributed by atoms with Crippen LogP contribution in [0.1, 0.15) is 5.56 Å². The minimum Gasteiger partial charge on any atom is -0.398 e. The molecule has 2 N–H and O–H groups in total. The summed E-state index contributed by atoms with van der Waals surface area (Å²) in [6.45, 7) is 1.99. The van der Waals surface area contributed by atoms with E-state index in [0.717, 1.165) is 37.1 Å². The largest absolute Gasteiger partial charge is 0.398 e. The number of nitrogen functional groups attached to an aromatic ring is 1. The van der Waals surface area contributed by atoms with E-state index in [9.17, 15) is 0 Å². The third-order valence-electron chi connectivity index (χ3n) is 2.68. The lowest BCUT2D eigenvalue weighted by molar-refractivity contribution is 1.14. The van der Waals surface area contributed by atoms with Crippen LogP contribution in [0.25, 0.3) is 11.1 Å². The molecule has 88 valence electrons. The van der Waals surface area contributed by atoms with Crippen LogP contribution in [0.2, 0.25) is 0 Å². The van der Waals surface area contributed by atoms with Crippen LogP contribution in [0.3, 0.4) is 0 Å². The van der Waals surface area contributed by atoms with Crippen molar-refractivity contribution in [2.24, 2.45) is 0 Å². The van der Waals surface area contributed by atoms with Gasteiger partial charge in [0, 0.05) is 20.4 Å². The van der Waals surface area contributed by atoms with Gasteiger partial charge in [-0.25, -0.2) is 0 Å². The molecule has 2 aromatic rings. The smallest absolute Gasteiger partial charge is 0.0349 e. The zero-order valence-corrected chi connectivity index (χ0v) is 12.0. The van der Waals surface area contributed by atoms with Gasteiger partial charge in [-0.2, -0.15) is 0 Å². The van der Waals surface area contributed by atoms with Gasteiger partial charge in [-0.15, -0.1) is 37.9 Å². The van der Waals surface area contributed by atoms with Crippen LogP contribution < -0.4 is 5.73 Å². The van der Waals surface area contributed by atoms with Crippen LogP contribution in [0.4, 0.5) is 5.69 Å². The molecule has 4 heteroatoms. The molecule has 0 spiro atoms. The van der Waals surface area contributed by atoms with E-state index in [4.69, 9.17) is 5.73 Å². The molecule has 0 saturated carbocycles. The molecule has 17 heavy (non-hydrogen) atoms. The molecule has 0 aliphatic carbocycles. The summed E-state index contributed by atoms with van der Waals surface area (Å²) < 4.78 is 0. The van der Waals surface area contributed by atoms with Crippen molar-refractivity contribution in [2.75, 3.05) is 5.73 Å². The van der Waals surface area contributed by atoms with Crippen molar-refractivity contribution in [3.8, 4) is 11.1 Å². The Kier molecular flexibility index (Phi) is 3.66. The van der Waals surface area contributed by atoms with E-state index < -0.39 is 0 Å². The summed E-state index contributed by atoms with van der Waals surface area (Å²) >= 11 is 13.1. The second kappa shape index (κ2) is 4.88. The highest BCUT2D eigenvalue weighted by Gasteiger charge is 2.06. The third kappa shape index (κ3) is 2.59. The molecule has 0 bridgehead atoms. The number of benzene rings is 2. The number of thiol groups is 3. The van der Waals surface area contributed by atoms with Gasteiger partial charge < -0.3 is 5.73 Å². The first-order valence-electron chi connectivity index (χ1n) is 5.10. The summed E-state index contributed by atoms with van der Waals surface area (Å²) in [5.41, 5.74) is 9.89. The Morgan fingerprint density at radius 1 is 0.882 bits per heavy atom. The van der Waals surface area contributed by atoms with Crippen molar-refractivity contribution >= 4 is 43.6 Å². The highest BCUT2D eigenvalue weighted by Crippen LogP contribution is 2.33. The first-order valence-corrected chi connectivity index (χ1v) is 6.44. The van der Waals surface area contributed by atoms with Crippen molar-refractivity contribution in [1.82, 2.24) is 0 Å². The lowest BCUT2D eigenvalue weighted by Gasteiger charge is -2.09. The van der Waals surface area contributed by atoms with Crippen molar-refractivity contribution in [3.63, 3.8) is 0 Å². The summed E-state index contributed by atoms with van der Waals surface area (Å²) in [6.07, 6.45) is 0. The van der Waals surface area contributed by atoms with Gasteiger partial charge in [-0.05, 0) is 41.8 Å². The summed E-state index contributed by atoms with van der Waals surface area (Å²) in [7, 11) is 0. The molecule has 0 amide bonds. The fraction of sp³-hybridized carbons (Fsp3) is 0.0769. The van der Waals surface area contributed by atoms with Gasteiger partial charge in [0.25, 0.3) is 0 Å². The molecule has 0 aliphatic heterocycles. The van der Waals surface area contributed by atoms with E-state index >= 15 is 0 Å². The first kappa shape index (κ1) is 12.7. The van der Waals surface area contributed by atoms with Crippen LogP contribution in [-0.2, 0) is 0 Å². The maximum atomic E-state index is 5.91. The Labute approximate surface area is 118 Å². The number of rotatable bonds is 1. The van der Waals surface area contributed by atoms with Crippen LogP contribution in [0, 0.1) is 6.92 Å². The predicted octanol–water partition coefficient (Wildman–Crippen LogP) is 4.11. The Bertz CT molecular complexity index is 556. The minimum absolute atomic E-state index is 0.791. The highest BCUT2D eigenvalue weighted by molar-refractivity contribution is 7.85. The van der Waals surface area contributed by atoms with E-state index in [1.54, 1.807) is 0 Å². The Hall–Kier alpha value is -0.710. The molecule has 0 aliphatic rings. The monoisotopic (exact) mass is 279 g/mol. The average Bonchev–Trinajstić information content (AvgIpc) is 2.29. The number of anilines is 1. The fourth-order valence-electron chi connectivity index (χ4n) is 1.59.